The third kappa shape index (κ3) is 12.5. The number of nitrogens with one attached hydrogen (secondary N) is 1. The molecule has 1 fully saturated rings. The molecule has 0 aliphatic carbocycles. The van der Waals surface area contributed by atoms with Crippen molar-refractivity contribution in [2.45, 2.75) is 12.5 Å². The number of likely N-dealkylation sites (N-methyl/N-ethyl adjacent to an activating group) is 1. The second-order valence-electron chi connectivity index (χ2n) is 10.9. The Morgan fingerprint density at radius 2 is 1.34 bits per heavy atom. The van der Waals surface area contributed by atoms with E-state index in [1.54, 1.807) is 40.1 Å². The molecule has 238 valence electrons. The second-order valence-corrected chi connectivity index (χ2v) is 10.9. The van der Waals surface area contributed by atoms with Crippen molar-refractivity contribution in [3.8, 4) is 5.75 Å². The number of benzene rings is 2. The van der Waals surface area contributed by atoms with Crippen LogP contribution in [0.25, 0.3) is 6.08 Å². The van der Waals surface area contributed by atoms with Gasteiger partial charge in [-0.15, -0.1) is 0 Å². The number of carboxylic acids is 3. The van der Waals surface area contributed by atoms with Crippen LogP contribution >= 0.6 is 0 Å². The Bertz CT molecular complexity index is 1280. The van der Waals surface area contributed by atoms with E-state index in [1.165, 1.54) is 18.2 Å². The second kappa shape index (κ2) is 17.1. The van der Waals surface area contributed by atoms with Crippen LogP contribution < -0.4 is 5.32 Å². The number of hydrogen-bond acceptors (Lipinski definition) is 9. The minimum Gasteiger partial charge on any atom is -0.508 e. The number of phenolic OH excluding ortho intramolecular Hbond substituents is 1. The normalized spacial score (nSPS) is 18.3. The minimum atomic E-state index is -1.02. The number of anilines is 1. The molecule has 1 saturated heterocycles. The Morgan fingerprint density at radius 1 is 0.773 bits per heavy atom. The van der Waals surface area contributed by atoms with Crippen LogP contribution in [0.5, 0.6) is 5.75 Å². The van der Waals surface area contributed by atoms with Gasteiger partial charge in [-0.05, 0) is 54.9 Å². The van der Waals surface area contributed by atoms with Gasteiger partial charge >= 0.3 is 17.9 Å². The van der Waals surface area contributed by atoms with E-state index >= 15 is 0 Å². The highest BCUT2D eigenvalue weighted by Gasteiger charge is 2.26. The monoisotopic (exact) mass is 611 g/mol. The van der Waals surface area contributed by atoms with Crippen LogP contribution in [0.4, 0.5) is 5.69 Å². The summed E-state index contributed by atoms with van der Waals surface area (Å²) < 4.78 is 0. The van der Waals surface area contributed by atoms with Gasteiger partial charge in [0.05, 0.1) is 19.6 Å². The summed E-state index contributed by atoms with van der Waals surface area (Å²) in [6, 6.07) is 13.3. The van der Waals surface area contributed by atoms with Crippen LogP contribution in [0.3, 0.4) is 0 Å². The summed E-state index contributed by atoms with van der Waals surface area (Å²) in [6.07, 6.45) is 3.45. The Kier molecular flexibility index (Phi) is 13.3. The lowest BCUT2D eigenvalue weighted by Gasteiger charge is -2.37. The molecule has 3 rings (SSSR count). The number of phenols is 1. The van der Waals surface area contributed by atoms with Crippen LogP contribution in [0, 0.1) is 0 Å². The first kappa shape index (κ1) is 34.2. The summed E-state index contributed by atoms with van der Waals surface area (Å²) >= 11 is 0. The van der Waals surface area contributed by atoms with Gasteiger partial charge < -0.3 is 30.6 Å². The molecule has 44 heavy (non-hydrogen) atoms. The van der Waals surface area contributed by atoms with E-state index in [1.807, 2.05) is 29.0 Å². The summed E-state index contributed by atoms with van der Waals surface area (Å²) in [6.45, 7) is 2.34. The van der Waals surface area contributed by atoms with Crippen LogP contribution in [-0.4, -0.2) is 142 Å². The van der Waals surface area contributed by atoms with Gasteiger partial charge in [0.2, 0.25) is 5.91 Å². The van der Waals surface area contributed by atoms with Gasteiger partial charge in [-0.25, -0.2) is 0 Å². The predicted molar refractivity (Wildman–Crippen MR) is 165 cm³/mol. The Balaban J connectivity index is 1.76. The van der Waals surface area contributed by atoms with Crippen molar-refractivity contribution in [3.63, 3.8) is 0 Å². The summed E-state index contributed by atoms with van der Waals surface area (Å²) in [5.41, 5.74) is 2.21. The number of carbonyl (C=O) groups is 4. The minimum absolute atomic E-state index is 0.137. The lowest BCUT2D eigenvalue weighted by Crippen LogP contribution is -2.52. The van der Waals surface area contributed by atoms with Crippen LogP contribution in [0.2, 0.25) is 0 Å². The largest absolute Gasteiger partial charge is 0.508 e. The third-order valence-corrected chi connectivity index (χ3v) is 7.35. The Hall–Kier alpha value is -4.30. The Morgan fingerprint density at radius 3 is 1.98 bits per heavy atom. The van der Waals surface area contributed by atoms with Crippen LogP contribution in [0.15, 0.2) is 54.6 Å². The maximum absolute atomic E-state index is 12.4. The number of carbonyl (C=O) groups excluding carboxylic acids is 1. The molecule has 2 aromatic carbocycles. The van der Waals surface area contributed by atoms with E-state index in [-0.39, 0.29) is 43.9 Å². The van der Waals surface area contributed by atoms with E-state index < -0.39 is 17.9 Å². The average Bonchev–Trinajstić information content (AvgIpc) is 2.95. The maximum Gasteiger partial charge on any atom is 0.317 e. The molecular formula is C31H41N5O8. The Labute approximate surface area is 256 Å². The summed E-state index contributed by atoms with van der Waals surface area (Å²) in [7, 11) is 1.91. The quantitative estimate of drug-likeness (QED) is 0.229. The molecule has 13 heteroatoms. The first-order chi connectivity index (χ1) is 21.0. The predicted octanol–water partition coefficient (Wildman–Crippen LogP) is 1.06. The number of hydrogen-bond donors (Lipinski definition) is 5. The van der Waals surface area contributed by atoms with E-state index in [2.05, 4.69) is 5.32 Å². The SMILES string of the molecule is CN1CCN(CC(=O)O)CCN(CC(=O)O)CC(Cc2ccc(NC(=O)/C=C/c3ccc(O)cc3)cc2)N(CC(=O)O)CC1. The highest BCUT2D eigenvalue weighted by Crippen LogP contribution is 2.16. The first-order valence-electron chi connectivity index (χ1n) is 14.4. The molecule has 1 heterocycles. The molecule has 1 aliphatic rings. The molecule has 2 aromatic rings. The molecule has 5 N–H and O–H groups in total. The molecule has 0 spiro atoms. The van der Waals surface area contributed by atoms with Gasteiger partial charge in [-0.3, -0.25) is 33.9 Å². The third-order valence-electron chi connectivity index (χ3n) is 7.35. The van der Waals surface area contributed by atoms with Crippen LogP contribution in [0.1, 0.15) is 11.1 Å². The van der Waals surface area contributed by atoms with Gasteiger partial charge in [0.15, 0.2) is 0 Å². The molecular weight excluding hydrogens is 570 g/mol. The lowest BCUT2D eigenvalue weighted by atomic mass is 10.0. The summed E-state index contributed by atoms with van der Waals surface area (Å²) in [5, 5.41) is 40.8. The zero-order chi connectivity index (χ0) is 32.1. The smallest absolute Gasteiger partial charge is 0.317 e. The number of nitrogens with zero attached hydrogens (tertiary/aromatic N) is 4. The number of aromatic hydroxyl groups is 1. The number of aliphatic carboxylic acids is 3. The molecule has 0 aromatic heterocycles. The van der Waals surface area contributed by atoms with E-state index in [4.69, 9.17) is 0 Å². The molecule has 0 radical (unpaired) electrons. The lowest BCUT2D eigenvalue weighted by molar-refractivity contribution is -0.141. The van der Waals surface area contributed by atoms with Crippen molar-refractivity contribution >= 4 is 35.6 Å². The van der Waals surface area contributed by atoms with Gasteiger partial charge in [-0.2, -0.15) is 0 Å². The average molecular weight is 612 g/mol. The maximum atomic E-state index is 12.4. The highest BCUT2D eigenvalue weighted by molar-refractivity contribution is 6.01. The molecule has 1 amide bonds. The number of rotatable bonds is 11. The topological polar surface area (TPSA) is 174 Å². The fourth-order valence-corrected chi connectivity index (χ4v) is 5.00. The highest BCUT2D eigenvalue weighted by atomic mass is 16.4. The molecule has 13 nitrogen and oxygen atoms in total. The van der Waals surface area contributed by atoms with Crippen molar-refractivity contribution in [2.75, 3.05) is 77.8 Å². The zero-order valence-corrected chi connectivity index (χ0v) is 24.8. The molecule has 1 aliphatic heterocycles. The van der Waals surface area contributed by atoms with Gasteiger partial charge in [0, 0.05) is 63.6 Å². The zero-order valence-electron chi connectivity index (χ0n) is 24.8. The number of amides is 1. The standard InChI is InChI=1S/C31H41N5O8/c1-33-12-14-34(20-29(39)40)15-16-35(21-30(41)42)19-26(36(17-13-33)22-31(43)44)18-24-2-7-25(8-3-24)32-28(38)11-6-23-4-9-27(37)10-5-23/h2-11,26,37H,12-22H2,1H3,(H,32,38)(H,39,40)(H,41,42)(H,43,44)/b11-6+. The molecule has 0 bridgehead atoms. The molecule has 1 atom stereocenters. The fourth-order valence-electron chi connectivity index (χ4n) is 5.00. The van der Waals surface area contributed by atoms with Crippen molar-refractivity contribution in [2.24, 2.45) is 0 Å². The first-order valence-corrected chi connectivity index (χ1v) is 14.4. The van der Waals surface area contributed by atoms with E-state index in [0.29, 0.717) is 51.4 Å². The number of carboxylic acid groups (broad SMARTS) is 3. The molecule has 1 unspecified atom stereocenters. The van der Waals surface area contributed by atoms with E-state index in [9.17, 15) is 39.6 Å². The van der Waals surface area contributed by atoms with E-state index in [0.717, 1.165) is 11.1 Å². The van der Waals surface area contributed by atoms with Gasteiger partial charge in [0.1, 0.15) is 5.75 Å². The molecule has 0 saturated carbocycles. The van der Waals surface area contributed by atoms with Crippen molar-refractivity contribution < 1.29 is 39.6 Å². The van der Waals surface area contributed by atoms with Crippen molar-refractivity contribution in [1.82, 2.24) is 19.6 Å². The fraction of sp³-hybridized carbons (Fsp3) is 0.419. The van der Waals surface area contributed by atoms with Gasteiger partial charge in [0.25, 0.3) is 0 Å². The van der Waals surface area contributed by atoms with Gasteiger partial charge in [-0.1, -0.05) is 24.3 Å². The summed E-state index contributed by atoms with van der Waals surface area (Å²) in [5.74, 6) is -3.16. The van der Waals surface area contributed by atoms with Crippen LogP contribution in [-0.2, 0) is 25.6 Å². The van der Waals surface area contributed by atoms with Crippen molar-refractivity contribution in [3.05, 3.63) is 65.7 Å². The summed E-state index contributed by atoms with van der Waals surface area (Å²) in [4.78, 5) is 54.8. The van der Waals surface area contributed by atoms with Crippen molar-refractivity contribution in [1.29, 1.82) is 0 Å².